The van der Waals surface area contributed by atoms with Gasteiger partial charge in [-0.2, -0.15) is 0 Å². The van der Waals surface area contributed by atoms with E-state index >= 15 is 0 Å². The van der Waals surface area contributed by atoms with Crippen LogP contribution in [0.2, 0.25) is 0 Å². The SMILES string of the molecule is CN=C(NCCNC(=O)OC(C)(C)C)NCc1cc(C(C)C)no1. The van der Waals surface area contributed by atoms with E-state index in [1.165, 1.54) is 0 Å². The number of hydrogen-bond acceptors (Lipinski definition) is 5. The van der Waals surface area contributed by atoms with Crippen molar-refractivity contribution < 1.29 is 14.1 Å². The minimum atomic E-state index is -0.499. The molecule has 136 valence electrons. The summed E-state index contributed by atoms with van der Waals surface area (Å²) < 4.78 is 10.4. The molecule has 0 spiro atoms. The summed E-state index contributed by atoms with van der Waals surface area (Å²) in [5.74, 6) is 1.69. The van der Waals surface area contributed by atoms with Crippen molar-refractivity contribution in [1.82, 2.24) is 21.1 Å². The number of ether oxygens (including phenoxy) is 1. The number of guanidine groups is 1. The second-order valence-electron chi connectivity index (χ2n) is 6.65. The van der Waals surface area contributed by atoms with Gasteiger partial charge in [0.05, 0.1) is 12.2 Å². The van der Waals surface area contributed by atoms with Crippen molar-refractivity contribution in [2.24, 2.45) is 4.99 Å². The maximum atomic E-state index is 11.5. The van der Waals surface area contributed by atoms with Gasteiger partial charge in [0.1, 0.15) is 5.60 Å². The van der Waals surface area contributed by atoms with Crippen LogP contribution in [0.25, 0.3) is 0 Å². The molecule has 8 nitrogen and oxygen atoms in total. The van der Waals surface area contributed by atoms with Crippen LogP contribution in [0.4, 0.5) is 4.79 Å². The van der Waals surface area contributed by atoms with Crippen LogP contribution in [0.1, 0.15) is 52.0 Å². The van der Waals surface area contributed by atoms with Gasteiger partial charge < -0.3 is 25.2 Å². The molecular weight excluding hydrogens is 310 g/mol. The maximum absolute atomic E-state index is 11.5. The summed E-state index contributed by atoms with van der Waals surface area (Å²) in [6.45, 7) is 11.0. The van der Waals surface area contributed by atoms with Crippen LogP contribution in [0.15, 0.2) is 15.6 Å². The largest absolute Gasteiger partial charge is 0.444 e. The van der Waals surface area contributed by atoms with Crippen LogP contribution in [0.3, 0.4) is 0 Å². The van der Waals surface area contributed by atoms with Crippen molar-refractivity contribution in [3.8, 4) is 0 Å². The summed E-state index contributed by atoms with van der Waals surface area (Å²) in [7, 11) is 1.68. The smallest absolute Gasteiger partial charge is 0.407 e. The second-order valence-corrected chi connectivity index (χ2v) is 6.65. The highest BCUT2D eigenvalue weighted by Crippen LogP contribution is 2.13. The van der Waals surface area contributed by atoms with Crippen LogP contribution in [-0.2, 0) is 11.3 Å². The topological polar surface area (TPSA) is 101 Å². The average Bonchev–Trinajstić information content (AvgIpc) is 2.93. The Morgan fingerprint density at radius 1 is 1.29 bits per heavy atom. The van der Waals surface area contributed by atoms with Crippen LogP contribution in [-0.4, -0.2) is 42.9 Å². The number of carbonyl (C=O) groups excluding carboxylic acids is 1. The van der Waals surface area contributed by atoms with Gasteiger partial charge >= 0.3 is 6.09 Å². The lowest BCUT2D eigenvalue weighted by atomic mass is 10.1. The minimum Gasteiger partial charge on any atom is -0.444 e. The van der Waals surface area contributed by atoms with Crippen LogP contribution < -0.4 is 16.0 Å². The van der Waals surface area contributed by atoms with E-state index in [2.05, 4.69) is 39.9 Å². The molecule has 0 saturated carbocycles. The number of nitrogens with zero attached hydrogens (tertiary/aromatic N) is 2. The van der Waals surface area contributed by atoms with Gasteiger partial charge in [-0.25, -0.2) is 4.79 Å². The van der Waals surface area contributed by atoms with Crippen molar-refractivity contribution >= 4 is 12.1 Å². The van der Waals surface area contributed by atoms with Gasteiger partial charge in [0.2, 0.25) is 0 Å². The fraction of sp³-hybridized carbons (Fsp3) is 0.688. The van der Waals surface area contributed by atoms with Gasteiger partial charge in [0.25, 0.3) is 0 Å². The highest BCUT2D eigenvalue weighted by Gasteiger charge is 2.15. The molecule has 0 radical (unpaired) electrons. The molecule has 0 bridgehead atoms. The van der Waals surface area contributed by atoms with Crippen LogP contribution >= 0.6 is 0 Å². The van der Waals surface area contributed by atoms with Gasteiger partial charge in [-0.05, 0) is 26.7 Å². The van der Waals surface area contributed by atoms with Crippen molar-refractivity contribution in [3.63, 3.8) is 0 Å². The Morgan fingerprint density at radius 3 is 2.50 bits per heavy atom. The molecule has 0 unspecified atom stereocenters. The molecule has 1 rings (SSSR count). The zero-order chi connectivity index (χ0) is 18.2. The molecule has 3 N–H and O–H groups in total. The molecule has 0 aliphatic heterocycles. The van der Waals surface area contributed by atoms with Crippen molar-refractivity contribution in [3.05, 3.63) is 17.5 Å². The molecule has 0 atom stereocenters. The predicted octanol–water partition coefficient (Wildman–Crippen LogP) is 1.99. The fourth-order valence-corrected chi connectivity index (χ4v) is 1.74. The zero-order valence-electron chi connectivity index (χ0n) is 15.4. The van der Waals surface area contributed by atoms with Gasteiger partial charge in [0, 0.05) is 26.2 Å². The molecule has 1 heterocycles. The van der Waals surface area contributed by atoms with Crippen LogP contribution in [0.5, 0.6) is 0 Å². The Kier molecular flexibility index (Phi) is 7.54. The van der Waals surface area contributed by atoms with Gasteiger partial charge in [-0.3, -0.25) is 4.99 Å². The molecule has 8 heteroatoms. The van der Waals surface area contributed by atoms with E-state index in [0.29, 0.717) is 31.5 Å². The molecule has 1 amide bonds. The molecule has 1 aromatic rings. The molecule has 0 aromatic carbocycles. The number of nitrogens with one attached hydrogen (secondary N) is 3. The summed E-state index contributed by atoms with van der Waals surface area (Å²) in [5.41, 5.74) is 0.428. The van der Waals surface area contributed by atoms with E-state index in [4.69, 9.17) is 9.26 Å². The quantitative estimate of drug-likeness (QED) is 0.416. The Bertz CT molecular complexity index is 546. The number of hydrogen-bond donors (Lipinski definition) is 3. The summed E-state index contributed by atoms with van der Waals surface area (Å²) >= 11 is 0. The number of aromatic nitrogens is 1. The third-order valence-electron chi connectivity index (χ3n) is 2.91. The van der Waals surface area contributed by atoms with E-state index < -0.39 is 11.7 Å². The number of alkyl carbamates (subject to hydrolysis) is 1. The summed E-state index contributed by atoms with van der Waals surface area (Å²) in [6, 6.07) is 1.93. The predicted molar refractivity (Wildman–Crippen MR) is 93.0 cm³/mol. The lowest BCUT2D eigenvalue weighted by Crippen LogP contribution is -2.42. The monoisotopic (exact) mass is 339 g/mol. The van der Waals surface area contributed by atoms with Crippen molar-refractivity contribution in [1.29, 1.82) is 0 Å². The first-order chi connectivity index (χ1) is 11.2. The van der Waals surface area contributed by atoms with Crippen molar-refractivity contribution in [2.75, 3.05) is 20.1 Å². The lowest BCUT2D eigenvalue weighted by Gasteiger charge is -2.19. The Labute approximate surface area is 143 Å². The molecule has 24 heavy (non-hydrogen) atoms. The first-order valence-electron chi connectivity index (χ1n) is 8.08. The third kappa shape index (κ3) is 7.85. The standard InChI is InChI=1S/C16H29N5O3/c1-11(2)13-9-12(24-21-13)10-20-14(17-6)18-7-8-19-15(22)23-16(3,4)5/h9,11H,7-8,10H2,1-6H3,(H,19,22)(H2,17,18,20). The van der Waals surface area contributed by atoms with E-state index in [9.17, 15) is 4.79 Å². The summed E-state index contributed by atoms with van der Waals surface area (Å²) in [5, 5.41) is 12.9. The van der Waals surface area contributed by atoms with Crippen LogP contribution in [0, 0.1) is 0 Å². The van der Waals surface area contributed by atoms with E-state index in [0.717, 1.165) is 11.5 Å². The highest BCUT2D eigenvalue weighted by atomic mass is 16.6. The first kappa shape index (κ1) is 19.8. The molecule has 0 aliphatic rings. The Balaban J connectivity index is 2.26. The molecule has 0 saturated heterocycles. The summed E-state index contributed by atoms with van der Waals surface area (Å²) in [4.78, 5) is 15.6. The number of aliphatic imine (C=N–C) groups is 1. The second kappa shape index (κ2) is 9.14. The summed E-state index contributed by atoms with van der Waals surface area (Å²) in [6.07, 6.45) is -0.435. The molecule has 0 fully saturated rings. The Morgan fingerprint density at radius 2 is 1.96 bits per heavy atom. The zero-order valence-corrected chi connectivity index (χ0v) is 15.4. The van der Waals surface area contributed by atoms with Crippen molar-refractivity contribution in [2.45, 2.75) is 52.7 Å². The molecular formula is C16H29N5O3. The van der Waals surface area contributed by atoms with E-state index in [-0.39, 0.29) is 0 Å². The average molecular weight is 339 g/mol. The van der Waals surface area contributed by atoms with E-state index in [1.54, 1.807) is 7.05 Å². The minimum absolute atomic E-state index is 0.332. The van der Waals surface area contributed by atoms with E-state index in [1.807, 2.05) is 26.8 Å². The number of carbonyl (C=O) groups is 1. The van der Waals surface area contributed by atoms with Gasteiger partial charge in [-0.1, -0.05) is 19.0 Å². The van der Waals surface area contributed by atoms with Gasteiger partial charge in [-0.15, -0.1) is 0 Å². The molecule has 1 aromatic heterocycles. The highest BCUT2D eigenvalue weighted by molar-refractivity contribution is 5.79. The fourth-order valence-electron chi connectivity index (χ4n) is 1.74. The lowest BCUT2D eigenvalue weighted by molar-refractivity contribution is 0.0529. The normalized spacial score (nSPS) is 12.2. The number of amides is 1. The molecule has 0 aliphatic carbocycles. The third-order valence-corrected chi connectivity index (χ3v) is 2.91. The number of rotatable bonds is 6. The Hall–Kier alpha value is -2.25. The maximum Gasteiger partial charge on any atom is 0.407 e. The first-order valence-corrected chi connectivity index (χ1v) is 8.08. The van der Waals surface area contributed by atoms with Gasteiger partial charge in [0.15, 0.2) is 11.7 Å².